The molecule has 2 N–H and O–H groups in total. The summed E-state index contributed by atoms with van der Waals surface area (Å²) in [5, 5.41) is 18.6. The molecule has 1 heterocycles. The van der Waals surface area contributed by atoms with Crippen molar-refractivity contribution in [2.75, 3.05) is 27.9 Å². The minimum absolute atomic E-state index is 0.143. The fraction of sp³-hybridized carbons (Fsp3) is 0.556. The predicted molar refractivity (Wildman–Crippen MR) is 97.2 cm³/mol. The fourth-order valence-corrected chi connectivity index (χ4v) is 5.56. The molecule has 1 aliphatic rings. The molecular formula is C18H24O10S. The number of methoxy groups -OCH3 is 3. The summed E-state index contributed by atoms with van der Waals surface area (Å²) in [5.41, 5.74) is 0. The van der Waals surface area contributed by atoms with Gasteiger partial charge in [-0.2, -0.15) is 0 Å². The molecule has 29 heavy (non-hydrogen) atoms. The molecule has 0 bridgehead atoms. The number of ether oxygens (including phenoxy) is 4. The first-order chi connectivity index (χ1) is 13.7. The summed E-state index contributed by atoms with van der Waals surface area (Å²) >= 11 is 0. The minimum atomic E-state index is -4.31. The van der Waals surface area contributed by atoms with Gasteiger partial charge in [0.05, 0.1) is 31.6 Å². The van der Waals surface area contributed by atoms with E-state index >= 15 is 0 Å². The number of esters is 2. The standard InChI is InChI=1S/C18H24O10S/c1-25-16(21)13(17(22)26-2)12-15(14(20)11(9-19)28-18(12)27-3)29(23,24)10-7-5-4-6-8-10/h4-8,11-15,18-20H,9H2,1-3H3/t11-,12-,14-,15-,18-/m1/s1. The van der Waals surface area contributed by atoms with Gasteiger partial charge < -0.3 is 29.2 Å². The van der Waals surface area contributed by atoms with Crippen LogP contribution in [-0.2, 0) is 38.4 Å². The van der Waals surface area contributed by atoms with Crippen molar-refractivity contribution in [1.82, 2.24) is 0 Å². The van der Waals surface area contributed by atoms with Crippen LogP contribution in [0.15, 0.2) is 35.2 Å². The van der Waals surface area contributed by atoms with Crippen molar-refractivity contribution in [1.29, 1.82) is 0 Å². The van der Waals surface area contributed by atoms with Crippen LogP contribution in [0.1, 0.15) is 0 Å². The molecule has 0 spiro atoms. The Balaban J connectivity index is 2.70. The highest BCUT2D eigenvalue weighted by molar-refractivity contribution is 7.92. The second kappa shape index (κ2) is 9.63. The summed E-state index contributed by atoms with van der Waals surface area (Å²) in [5.74, 6) is -5.42. The number of hydrogen-bond acceptors (Lipinski definition) is 10. The zero-order chi connectivity index (χ0) is 21.8. The van der Waals surface area contributed by atoms with Crippen molar-refractivity contribution in [2.24, 2.45) is 11.8 Å². The Kier molecular flexibility index (Phi) is 7.72. The lowest BCUT2D eigenvalue weighted by Gasteiger charge is -2.44. The molecule has 2 rings (SSSR count). The topological polar surface area (TPSA) is 146 Å². The third-order valence-corrected chi connectivity index (χ3v) is 7.10. The van der Waals surface area contributed by atoms with E-state index in [4.69, 9.17) is 9.47 Å². The summed E-state index contributed by atoms with van der Waals surface area (Å²) < 4.78 is 46.8. The van der Waals surface area contributed by atoms with Gasteiger partial charge in [0.15, 0.2) is 22.0 Å². The molecule has 0 amide bonds. The molecular weight excluding hydrogens is 408 g/mol. The van der Waals surface area contributed by atoms with E-state index in [0.717, 1.165) is 14.2 Å². The predicted octanol–water partition coefficient (Wildman–Crippen LogP) is -0.868. The van der Waals surface area contributed by atoms with E-state index < -0.39 is 64.0 Å². The number of aliphatic hydroxyl groups excluding tert-OH is 2. The van der Waals surface area contributed by atoms with E-state index in [9.17, 15) is 28.2 Å². The lowest BCUT2D eigenvalue weighted by atomic mass is 9.83. The van der Waals surface area contributed by atoms with Gasteiger partial charge in [-0.25, -0.2) is 8.42 Å². The third kappa shape index (κ3) is 4.43. The van der Waals surface area contributed by atoms with Gasteiger partial charge in [0, 0.05) is 7.11 Å². The zero-order valence-corrected chi connectivity index (χ0v) is 16.9. The first kappa shape index (κ1) is 23.2. The van der Waals surface area contributed by atoms with Crippen molar-refractivity contribution < 1.29 is 47.2 Å². The summed E-state index contributed by atoms with van der Waals surface area (Å²) in [4.78, 5) is 24.6. The smallest absolute Gasteiger partial charge is 0.320 e. The SMILES string of the molecule is COC(=O)C(C(=O)OC)[C@H]1[C@H](OC)O[C@H](CO)[C@@H](O)[C@@H]1S(=O)(=O)c1ccccc1. The largest absolute Gasteiger partial charge is 0.468 e. The average Bonchev–Trinajstić information content (AvgIpc) is 2.74. The highest BCUT2D eigenvalue weighted by atomic mass is 32.2. The second-order valence-corrected chi connectivity index (χ2v) is 8.48. The molecule has 0 aliphatic carbocycles. The molecule has 1 saturated heterocycles. The van der Waals surface area contributed by atoms with E-state index in [1.165, 1.54) is 31.4 Å². The molecule has 0 radical (unpaired) electrons. The van der Waals surface area contributed by atoms with Gasteiger partial charge in [0.25, 0.3) is 0 Å². The number of sulfone groups is 1. The maximum absolute atomic E-state index is 13.4. The van der Waals surface area contributed by atoms with Crippen molar-refractivity contribution in [3.05, 3.63) is 30.3 Å². The summed E-state index contributed by atoms with van der Waals surface area (Å²) in [6.07, 6.45) is -4.52. The lowest BCUT2D eigenvalue weighted by Crippen LogP contribution is -2.62. The van der Waals surface area contributed by atoms with Gasteiger partial charge in [-0.05, 0) is 12.1 Å². The maximum atomic E-state index is 13.4. The third-order valence-electron chi connectivity index (χ3n) is 4.86. The number of carbonyl (C=O) groups is 2. The molecule has 1 aromatic rings. The lowest BCUT2D eigenvalue weighted by molar-refractivity contribution is -0.253. The summed E-state index contributed by atoms with van der Waals surface area (Å²) in [6, 6.07) is 7.22. The van der Waals surface area contributed by atoms with E-state index in [1.54, 1.807) is 6.07 Å². The van der Waals surface area contributed by atoms with Gasteiger partial charge in [0.2, 0.25) is 0 Å². The highest BCUT2D eigenvalue weighted by Gasteiger charge is 2.58. The normalized spacial score (nSPS) is 27.4. The zero-order valence-electron chi connectivity index (χ0n) is 16.1. The van der Waals surface area contributed by atoms with E-state index in [2.05, 4.69) is 9.47 Å². The van der Waals surface area contributed by atoms with Gasteiger partial charge in [0.1, 0.15) is 17.5 Å². The van der Waals surface area contributed by atoms with Crippen LogP contribution < -0.4 is 0 Å². The molecule has 10 nitrogen and oxygen atoms in total. The first-order valence-corrected chi connectivity index (χ1v) is 10.2. The molecule has 1 aliphatic heterocycles. The Morgan fingerprint density at radius 3 is 2.10 bits per heavy atom. The molecule has 1 aromatic carbocycles. The van der Waals surface area contributed by atoms with Crippen molar-refractivity contribution >= 4 is 21.8 Å². The molecule has 1 fully saturated rings. The monoisotopic (exact) mass is 432 g/mol. The van der Waals surface area contributed by atoms with Crippen LogP contribution in [0.3, 0.4) is 0 Å². The van der Waals surface area contributed by atoms with E-state index in [-0.39, 0.29) is 4.90 Å². The highest BCUT2D eigenvalue weighted by Crippen LogP contribution is 2.39. The molecule has 11 heteroatoms. The van der Waals surface area contributed by atoms with Crippen LogP contribution >= 0.6 is 0 Å². The Hall–Kier alpha value is -2.05. The van der Waals surface area contributed by atoms with Gasteiger partial charge in [-0.15, -0.1) is 0 Å². The number of benzene rings is 1. The van der Waals surface area contributed by atoms with Crippen molar-refractivity contribution in [3.8, 4) is 0 Å². The van der Waals surface area contributed by atoms with Crippen molar-refractivity contribution in [3.63, 3.8) is 0 Å². The number of aliphatic hydroxyl groups is 2. The minimum Gasteiger partial charge on any atom is -0.468 e. The number of hydrogen-bond donors (Lipinski definition) is 2. The first-order valence-electron chi connectivity index (χ1n) is 8.66. The van der Waals surface area contributed by atoms with Crippen LogP contribution in [0.2, 0.25) is 0 Å². The fourth-order valence-electron chi connectivity index (χ4n) is 3.47. The Morgan fingerprint density at radius 2 is 1.66 bits per heavy atom. The maximum Gasteiger partial charge on any atom is 0.320 e. The van der Waals surface area contributed by atoms with Gasteiger partial charge in [-0.3, -0.25) is 9.59 Å². The van der Waals surface area contributed by atoms with Crippen LogP contribution in [0.4, 0.5) is 0 Å². The second-order valence-electron chi connectivity index (χ2n) is 6.38. The van der Waals surface area contributed by atoms with Crippen LogP contribution in [0, 0.1) is 11.8 Å². The summed E-state index contributed by atoms with van der Waals surface area (Å²) in [6.45, 7) is -0.713. The number of carbonyl (C=O) groups excluding carboxylic acids is 2. The van der Waals surface area contributed by atoms with Crippen LogP contribution in [0.5, 0.6) is 0 Å². The number of rotatable bonds is 7. The average molecular weight is 432 g/mol. The molecule has 0 saturated carbocycles. The molecule has 162 valence electrons. The summed E-state index contributed by atoms with van der Waals surface area (Å²) in [7, 11) is -1.08. The van der Waals surface area contributed by atoms with Crippen LogP contribution in [-0.4, -0.2) is 82.3 Å². The van der Waals surface area contributed by atoms with Gasteiger partial charge >= 0.3 is 11.9 Å². The Bertz CT molecular complexity index is 793. The van der Waals surface area contributed by atoms with Crippen molar-refractivity contribution in [2.45, 2.75) is 28.6 Å². The Labute approximate surface area is 168 Å². The van der Waals surface area contributed by atoms with E-state index in [1.807, 2.05) is 0 Å². The molecule has 0 unspecified atom stereocenters. The quantitative estimate of drug-likeness (QED) is 0.412. The Morgan fingerprint density at radius 1 is 1.10 bits per heavy atom. The van der Waals surface area contributed by atoms with E-state index in [0.29, 0.717) is 0 Å². The molecule has 5 atom stereocenters. The van der Waals surface area contributed by atoms with Gasteiger partial charge in [-0.1, -0.05) is 18.2 Å². The van der Waals surface area contributed by atoms with Crippen LogP contribution in [0.25, 0.3) is 0 Å². The molecule has 0 aromatic heterocycles.